The van der Waals surface area contributed by atoms with E-state index in [0.717, 1.165) is 14.8 Å². The lowest BCUT2D eigenvalue weighted by Gasteiger charge is -2.10. The maximum atomic E-state index is 12.1. The van der Waals surface area contributed by atoms with Crippen molar-refractivity contribution in [2.45, 2.75) is 6.18 Å². The summed E-state index contributed by atoms with van der Waals surface area (Å²) in [6.45, 7) is 0.250. The fraction of sp³-hybridized carbons (Fsp3) is 0.150. The summed E-state index contributed by atoms with van der Waals surface area (Å²) < 4.78 is 31.7. The molecule has 1 aliphatic heterocycles. The van der Waals surface area contributed by atoms with Gasteiger partial charge in [-0.25, -0.2) is 9.63 Å². The Labute approximate surface area is 178 Å². The number of nitrogens with zero attached hydrogens (tertiary/aromatic N) is 1. The summed E-state index contributed by atoms with van der Waals surface area (Å²) in [5, 5.41) is 7.88. The molecule has 1 aromatic heterocycles. The third-order valence-corrected chi connectivity index (χ3v) is 4.31. The number of hydroxylamine groups is 2. The first-order valence-corrected chi connectivity index (χ1v) is 9.15. The summed E-state index contributed by atoms with van der Waals surface area (Å²) in [5.74, 6) is 7.71. The van der Waals surface area contributed by atoms with Crippen molar-refractivity contribution in [2.75, 3.05) is 13.2 Å². The Morgan fingerprint density at radius 2 is 1.52 bits per heavy atom. The van der Waals surface area contributed by atoms with Gasteiger partial charge in [-0.15, -0.1) is 16.4 Å². The fourth-order valence-corrected chi connectivity index (χ4v) is 2.87. The molecule has 2 amide bonds. The number of carbonyl (C=O) groups excluding carboxylic acids is 2. The summed E-state index contributed by atoms with van der Waals surface area (Å²) in [5.41, 5.74) is 6.01. The van der Waals surface area contributed by atoms with E-state index < -0.39 is 24.0 Å². The number of imide groups is 1. The molecule has 0 atom stereocenters. The zero-order chi connectivity index (χ0) is 23.0. The Hall–Kier alpha value is -3.64. The van der Waals surface area contributed by atoms with Crippen LogP contribution in [0.25, 0.3) is 0 Å². The Kier molecular flexibility index (Phi) is 7.94. The molecule has 0 bridgehead atoms. The monoisotopic (exact) mass is 450 g/mol. The lowest BCUT2D eigenvalue weighted by molar-refractivity contribution is -0.192. The topological polar surface area (TPSA) is 110 Å². The lowest BCUT2D eigenvalue weighted by atomic mass is 10.1. The van der Waals surface area contributed by atoms with E-state index in [1.807, 2.05) is 12.1 Å². The normalized spacial score (nSPS) is 12.1. The zero-order valence-electron chi connectivity index (χ0n) is 15.5. The predicted octanol–water partition coefficient (Wildman–Crippen LogP) is 2.27. The van der Waals surface area contributed by atoms with E-state index in [9.17, 15) is 22.8 Å². The molecule has 3 rings (SSSR count). The first-order chi connectivity index (χ1) is 14.6. The van der Waals surface area contributed by atoms with Gasteiger partial charge in [-0.05, 0) is 24.3 Å². The van der Waals surface area contributed by atoms with Crippen molar-refractivity contribution in [3.63, 3.8) is 0 Å². The van der Waals surface area contributed by atoms with Crippen molar-refractivity contribution in [1.82, 2.24) is 5.06 Å². The van der Waals surface area contributed by atoms with E-state index in [1.165, 1.54) is 11.3 Å². The van der Waals surface area contributed by atoms with Crippen LogP contribution in [0.4, 0.5) is 13.2 Å². The first kappa shape index (κ1) is 23.6. The van der Waals surface area contributed by atoms with Gasteiger partial charge >= 0.3 is 12.1 Å². The molecule has 11 heteroatoms. The highest BCUT2D eigenvalue weighted by atomic mass is 32.1. The number of aliphatic carboxylic acids is 1. The Morgan fingerprint density at radius 1 is 1.03 bits per heavy atom. The number of carboxylic acid groups (broad SMARTS) is 1. The van der Waals surface area contributed by atoms with Crippen LogP contribution in [0.1, 0.15) is 30.5 Å². The van der Waals surface area contributed by atoms with Crippen molar-refractivity contribution in [1.29, 1.82) is 0 Å². The highest BCUT2D eigenvalue weighted by Crippen LogP contribution is 2.22. The van der Waals surface area contributed by atoms with Gasteiger partial charge in [0.05, 0.1) is 27.4 Å². The van der Waals surface area contributed by atoms with Crippen LogP contribution < -0.4 is 5.73 Å². The molecule has 7 nitrogen and oxygen atoms in total. The SMILES string of the molecule is NCC#Cc1ccc(C#CCON2C(=O)c3ccccc3C2=O)s1.O=C(O)C(F)(F)F. The molecule has 0 aliphatic carbocycles. The molecule has 0 spiro atoms. The molecule has 31 heavy (non-hydrogen) atoms. The van der Waals surface area contributed by atoms with Crippen LogP contribution in [-0.2, 0) is 9.63 Å². The first-order valence-electron chi connectivity index (χ1n) is 8.33. The van der Waals surface area contributed by atoms with Gasteiger partial charge < -0.3 is 10.8 Å². The van der Waals surface area contributed by atoms with Crippen molar-refractivity contribution >= 4 is 29.1 Å². The molecule has 1 aromatic carbocycles. The third-order valence-electron chi connectivity index (χ3n) is 3.40. The molecule has 2 aromatic rings. The Balaban J connectivity index is 0.000000423. The van der Waals surface area contributed by atoms with Crippen LogP contribution in [0, 0.1) is 23.7 Å². The zero-order valence-corrected chi connectivity index (χ0v) is 16.3. The lowest BCUT2D eigenvalue weighted by Crippen LogP contribution is -2.30. The maximum Gasteiger partial charge on any atom is 0.490 e. The average molecular weight is 450 g/mol. The van der Waals surface area contributed by atoms with Crippen LogP contribution in [0.3, 0.4) is 0 Å². The second-order valence-electron chi connectivity index (χ2n) is 5.50. The van der Waals surface area contributed by atoms with E-state index >= 15 is 0 Å². The van der Waals surface area contributed by atoms with Crippen LogP contribution in [0.15, 0.2) is 36.4 Å². The van der Waals surface area contributed by atoms with Gasteiger partial charge in [-0.3, -0.25) is 9.59 Å². The van der Waals surface area contributed by atoms with Gasteiger partial charge in [-0.2, -0.15) is 13.2 Å². The number of fused-ring (bicyclic) bond motifs is 1. The number of carbonyl (C=O) groups is 3. The van der Waals surface area contributed by atoms with Crippen molar-refractivity contribution in [3.05, 3.63) is 57.3 Å². The number of halogens is 3. The number of alkyl halides is 3. The minimum absolute atomic E-state index is 0.0623. The third kappa shape index (κ3) is 6.42. The van der Waals surface area contributed by atoms with E-state index in [-0.39, 0.29) is 6.61 Å². The number of hydrogen-bond donors (Lipinski definition) is 2. The van der Waals surface area contributed by atoms with Crippen LogP contribution in [-0.4, -0.2) is 47.3 Å². The summed E-state index contributed by atoms with van der Waals surface area (Å²) >= 11 is 1.44. The molecule has 0 saturated carbocycles. The largest absolute Gasteiger partial charge is 0.490 e. The van der Waals surface area contributed by atoms with Crippen molar-refractivity contribution in [2.24, 2.45) is 5.73 Å². The van der Waals surface area contributed by atoms with Crippen LogP contribution in [0.2, 0.25) is 0 Å². The smallest absolute Gasteiger partial charge is 0.475 e. The van der Waals surface area contributed by atoms with Crippen LogP contribution >= 0.6 is 11.3 Å². The molecule has 160 valence electrons. The number of nitrogens with two attached hydrogens (primary N) is 1. The van der Waals surface area contributed by atoms with Crippen LogP contribution in [0.5, 0.6) is 0 Å². The summed E-state index contributed by atoms with van der Waals surface area (Å²) in [6, 6.07) is 10.3. The molecule has 0 fully saturated rings. The number of thiophene rings is 1. The van der Waals surface area contributed by atoms with E-state index in [4.69, 9.17) is 20.5 Å². The second kappa shape index (κ2) is 10.4. The average Bonchev–Trinajstić information content (AvgIpc) is 3.27. The number of amides is 2. The number of benzene rings is 1. The quantitative estimate of drug-likeness (QED) is 0.537. The number of carboxylic acids is 1. The highest BCUT2D eigenvalue weighted by molar-refractivity contribution is 7.13. The van der Waals surface area contributed by atoms with Gasteiger partial charge in [0.25, 0.3) is 11.8 Å². The highest BCUT2D eigenvalue weighted by Gasteiger charge is 2.38. The van der Waals surface area contributed by atoms with E-state index in [1.54, 1.807) is 24.3 Å². The van der Waals surface area contributed by atoms with Crippen molar-refractivity contribution in [3.8, 4) is 23.7 Å². The van der Waals surface area contributed by atoms with Crippen molar-refractivity contribution < 1.29 is 37.5 Å². The summed E-state index contributed by atoms with van der Waals surface area (Å²) in [4.78, 5) is 40.0. The molecule has 0 unspecified atom stereocenters. The van der Waals surface area contributed by atoms with E-state index in [2.05, 4.69) is 23.7 Å². The molecule has 1 aliphatic rings. The number of rotatable bonds is 2. The molecule has 2 heterocycles. The maximum absolute atomic E-state index is 12.1. The molecule has 3 N–H and O–H groups in total. The standard InChI is InChI=1S/C18H12N2O3S.C2HF3O2/c19-11-3-5-13-9-10-14(24-13)6-4-12-23-20-17(21)15-7-1-2-8-16(15)18(20)22;3-2(4,5)1(6)7/h1-2,7-10H,11-12,19H2;(H,6,7). The summed E-state index contributed by atoms with van der Waals surface area (Å²) in [7, 11) is 0. The van der Waals surface area contributed by atoms with Gasteiger partial charge in [-0.1, -0.05) is 35.8 Å². The summed E-state index contributed by atoms with van der Waals surface area (Å²) in [6.07, 6.45) is -5.08. The predicted molar refractivity (Wildman–Crippen MR) is 104 cm³/mol. The van der Waals surface area contributed by atoms with E-state index in [0.29, 0.717) is 17.7 Å². The molecular formula is C20H13F3N2O5S. The van der Waals surface area contributed by atoms with Gasteiger partial charge in [0, 0.05) is 0 Å². The Morgan fingerprint density at radius 3 is 1.97 bits per heavy atom. The molecular weight excluding hydrogens is 437 g/mol. The molecule has 0 saturated heterocycles. The minimum atomic E-state index is -5.08. The van der Waals surface area contributed by atoms with Gasteiger partial charge in [0.15, 0.2) is 0 Å². The van der Waals surface area contributed by atoms with Gasteiger partial charge in [0.1, 0.15) is 6.61 Å². The number of hydrogen-bond acceptors (Lipinski definition) is 6. The van der Waals surface area contributed by atoms with Gasteiger partial charge in [0.2, 0.25) is 0 Å². The fourth-order valence-electron chi connectivity index (χ4n) is 2.11. The minimum Gasteiger partial charge on any atom is -0.475 e. The molecule has 0 radical (unpaired) electrons. The second-order valence-corrected chi connectivity index (χ2v) is 6.58. The Bertz CT molecular complexity index is 1080.